The molecule has 0 unspecified atom stereocenters. The van der Waals surface area contributed by atoms with Crippen LogP contribution in [-0.2, 0) is 0 Å². The molecule has 166 valence electrons. The first-order valence-corrected chi connectivity index (χ1v) is 10.1. The quantitative estimate of drug-likeness (QED) is 0.480. The molecule has 0 bridgehead atoms. The predicted octanol–water partition coefficient (Wildman–Crippen LogP) is 3.51. The molecule has 0 spiro atoms. The molecule has 10 heteroatoms. The molecule has 1 saturated heterocycles. The molecule has 2 amide bonds. The highest BCUT2D eigenvalue weighted by Crippen LogP contribution is 2.35. The molecule has 1 aromatic heterocycles. The van der Waals surface area contributed by atoms with Crippen molar-refractivity contribution in [3.63, 3.8) is 0 Å². The topological polar surface area (TPSA) is 110 Å². The molecule has 1 fully saturated rings. The van der Waals surface area contributed by atoms with Gasteiger partial charge in [-0.25, -0.2) is 9.78 Å². The van der Waals surface area contributed by atoms with Crippen molar-refractivity contribution < 1.29 is 19.2 Å². The van der Waals surface area contributed by atoms with E-state index in [0.29, 0.717) is 43.4 Å². The van der Waals surface area contributed by atoms with Crippen LogP contribution < -0.4 is 19.7 Å². The number of carbonyl (C=O) groups excluding carboxylic acids is 1. The Morgan fingerprint density at radius 3 is 2.31 bits per heavy atom. The lowest BCUT2D eigenvalue weighted by atomic mass is 10.1. The lowest BCUT2D eigenvalue weighted by molar-refractivity contribution is -0.384. The zero-order valence-corrected chi connectivity index (χ0v) is 17.8. The number of carbonyl (C=O) groups is 1. The largest absolute Gasteiger partial charge is 0.493 e. The maximum absolute atomic E-state index is 12.6. The molecule has 0 aliphatic carbocycles. The second-order valence-corrected chi connectivity index (χ2v) is 7.27. The summed E-state index contributed by atoms with van der Waals surface area (Å²) in [6.07, 6.45) is 1.76. The van der Waals surface area contributed by atoms with Crippen molar-refractivity contribution in [2.24, 2.45) is 0 Å². The summed E-state index contributed by atoms with van der Waals surface area (Å²) in [5.74, 6) is 2.12. The standard InChI is InChI=1S/C22H23N5O5/c1-31-19-13-15-7-8-23-21(18(15)14-20(19)32-2)25-9-11-26(12-10-25)22(28)24-16-3-5-17(6-4-16)27(29)30/h3-8,13-14H,9-12H2,1-2H3,(H,24,28). The Labute approximate surface area is 184 Å². The minimum absolute atomic E-state index is 0.0200. The van der Waals surface area contributed by atoms with E-state index in [2.05, 4.69) is 15.2 Å². The highest BCUT2D eigenvalue weighted by Gasteiger charge is 2.24. The number of anilines is 2. The van der Waals surface area contributed by atoms with Crippen molar-refractivity contribution in [3.8, 4) is 11.5 Å². The van der Waals surface area contributed by atoms with Gasteiger partial charge in [0.25, 0.3) is 5.69 Å². The van der Waals surface area contributed by atoms with E-state index in [1.54, 1.807) is 25.3 Å². The molecule has 3 aromatic rings. The lowest BCUT2D eigenvalue weighted by Crippen LogP contribution is -2.50. The summed E-state index contributed by atoms with van der Waals surface area (Å²) < 4.78 is 10.8. The van der Waals surface area contributed by atoms with Crippen molar-refractivity contribution in [1.82, 2.24) is 9.88 Å². The number of methoxy groups -OCH3 is 2. The van der Waals surface area contributed by atoms with Crippen LogP contribution in [0.3, 0.4) is 0 Å². The van der Waals surface area contributed by atoms with Gasteiger partial charge >= 0.3 is 6.03 Å². The number of non-ortho nitro benzene ring substituents is 1. The Balaban J connectivity index is 1.44. The van der Waals surface area contributed by atoms with Crippen LogP contribution in [0.4, 0.5) is 22.0 Å². The summed E-state index contributed by atoms with van der Waals surface area (Å²) >= 11 is 0. The van der Waals surface area contributed by atoms with E-state index in [1.165, 1.54) is 24.3 Å². The number of hydrogen-bond acceptors (Lipinski definition) is 7. The monoisotopic (exact) mass is 437 g/mol. The van der Waals surface area contributed by atoms with Gasteiger partial charge in [0.2, 0.25) is 0 Å². The van der Waals surface area contributed by atoms with Gasteiger partial charge in [0.05, 0.1) is 19.1 Å². The Kier molecular flexibility index (Phi) is 5.93. The average molecular weight is 437 g/mol. The van der Waals surface area contributed by atoms with E-state index in [1.807, 2.05) is 18.2 Å². The van der Waals surface area contributed by atoms with Crippen molar-refractivity contribution in [1.29, 1.82) is 0 Å². The Hall–Kier alpha value is -4.08. The van der Waals surface area contributed by atoms with Crippen LogP contribution in [0.25, 0.3) is 10.8 Å². The highest BCUT2D eigenvalue weighted by atomic mass is 16.6. The number of nitro benzene ring substituents is 1. The molecule has 4 rings (SSSR count). The van der Waals surface area contributed by atoms with E-state index in [-0.39, 0.29) is 11.7 Å². The van der Waals surface area contributed by atoms with Gasteiger partial charge in [0.15, 0.2) is 11.5 Å². The van der Waals surface area contributed by atoms with Gasteiger partial charge in [-0.3, -0.25) is 10.1 Å². The number of piperazine rings is 1. The van der Waals surface area contributed by atoms with Gasteiger partial charge in [-0.15, -0.1) is 0 Å². The number of nitrogens with one attached hydrogen (secondary N) is 1. The van der Waals surface area contributed by atoms with Crippen LogP contribution in [0.1, 0.15) is 0 Å². The fourth-order valence-electron chi connectivity index (χ4n) is 3.73. The molecule has 2 aromatic carbocycles. The van der Waals surface area contributed by atoms with Gasteiger partial charge < -0.3 is 24.6 Å². The molecule has 0 atom stereocenters. The second-order valence-electron chi connectivity index (χ2n) is 7.27. The first-order chi connectivity index (χ1) is 15.5. The highest BCUT2D eigenvalue weighted by molar-refractivity contribution is 5.95. The number of benzene rings is 2. The lowest BCUT2D eigenvalue weighted by Gasteiger charge is -2.35. The third-order valence-corrected chi connectivity index (χ3v) is 5.44. The molecule has 1 aliphatic heterocycles. The summed E-state index contributed by atoms with van der Waals surface area (Å²) in [6, 6.07) is 11.3. The first-order valence-electron chi connectivity index (χ1n) is 10.1. The maximum atomic E-state index is 12.6. The van der Waals surface area contributed by atoms with Gasteiger partial charge in [-0.2, -0.15) is 0 Å². The molecular formula is C22H23N5O5. The zero-order valence-electron chi connectivity index (χ0n) is 17.8. The summed E-state index contributed by atoms with van der Waals surface area (Å²) in [4.78, 5) is 31.3. The number of nitrogens with zero attached hydrogens (tertiary/aromatic N) is 4. The van der Waals surface area contributed by atoms with Gasteiger partial charge in [-0.05, 0) is 35.7 Å². The fourth-order valence-corrected chi connectivity index (χ4v) is 3.73. The molecule has 10 nitrogen and oxygen atoms in total. The zero-order chi connectivity index (χ0) is 22.7. The van der Waals surface area contributed by atoms with Crippen LogP contribution in [0.5, 0.6) is 11.5 Å². The molecule has 0 radical (unpaired) electrons. The van der Waals surface area contributed by atoms with Crippen LogP contribution in [-0.4, -0.2) is 61.2 Å². The molecule has 1 aliphatic rings. The van der Waals surface area contributed by atoms with E-state index in [0.717, 1.165) is 16.6 Å². The van der Waals surface area contributed by atoms with Crippen molar-refractivity contribution >= 4 is 34.0 Å². The Bertz CT molecular complexity index is 1140. The summed E-state index contributed by atoms with van der Waals surface area (Å²) in [7, 11) is 3.20. The van der Waals surface area contributed by atoms with E-state index >= 15 is 0 Å². The number of pyridine rings is 1. The molecular weight excluding hydrogens is 414 g/mol. The van der Waals surface area contributed by atoms with Crippen molar-refractivity contribution in [2.45, 2.75) is 0 Å². The number of nitro groups is 1. The number of ether oxygens (including phenoxy) is 2. The minimum atomic E-state index is -0.474. The Morgan fingerprint density at radius 1 is 1.03 bits per heavy atom. The number of aromatic nitrogens is 1. The summed E-state index contributed by atoms with van der Waals surface area (Å²) in [5.41, 5.74) is 0.494. The number of hydrogen-bond donors (Lipinski definition) is 1. The third-order valence-electron chi connectivity index (χ3n) is 5.44. The van der Waals surface area contributed by atoms with Gasteiger partial charge in [-0.1, -0.05) is 0 Å². The smallest absolute Gasteiger partial charge is 0.321 e. The Morgan fingerprint density at radius 2 is 1.69 bits per heavy atom. The summed E-state index contributed by atoms with van der Waals surface area (Å²) in [5, 5.41) is 15.5. The predicted molar refractivity (Wildman–Crippen MR) is 121 cm³/mol. The molecule has 0 saturated carbocycles. The normalized spacial score (nSPS) is 13.7. The molecule has 1 N–H and O–H groups in total. The van der Waals surface area contributed by atoms with Crippen LogP contribution in [0, 0.1) is 10.1 Å². The van der Waals surface area contributed by atoms with Crippen molar-refractivity contribution in [3.05, 3.63) is 58.8 Å². The van der Waals surface area contributed by atoms with E-state index in [4.69, 9.17) is 9.47 Å². The first kappa shape index (κ1) is 21.2. The van der Waals surface area contributed by atoms with E-state index in [9.17, 15) is 14.9 Å². The number of amides is 2. The SMILES string of the molecule is COc1cc2ccnc(N3CCN(C(=O)Nc4ccc([N+](=O)[O-])cc4)CC3)c2cc1OC. The summed E-state index contributed by atoms with van der Waals surface area (Å²) in [6.45, 7) is 2.27. The maximum Gasteiger partial charge on any atom is 0.321 e. The average Bonchev–Trinajstić information content (AvgIpc) is 2.83. The molecule has 2 heterocycles. The van der Waals surface area contributed by atoms with Crippen LogP contribution >= 0.6 is 0 Å². The van der Waals surface area contributed by atoms with Crippen LogP contribution in [0.15, 0.2) is 48.7 Å². The van der Waals surface area contributed by atoms with Gasteiger partial charge in [0.1, 0.15) is 5.82 Å². The fraction of sp³-hybridized carbons (Fsp3) is 0.273. The van der Waals surface area contributed by atoms with Crippen LogP contribution in [0.2, 0.25) is 0 Å². The second kappa shape index (κ2) is 8.96. The van der Waals surface area contributed by atoms with Gasteiger partial charge in [0, 0.05) is 55.6 Å². The third kappa shape index (κ3) is 4.20. The number of urea groups is 1. The number of fused-ring (bicyclic) bond motifs is 1. The number of rotatable bonds is 5. The molecule has 32 heavy (non-hydrogen) atoms. The van der Waals surface area contributed by atoms with E-state index < -0.39 is 4.92 Å². The minimum Gasteiger partial charge on any atom is -0.493 e. The van der Waals surface area contributed by atoms with Crippen molar-refractivity contribution in [2.75, 3.05) is 50.6 Å².